The fraction of sp³-hybridized carbons (Fsp3) is 0.429. The lowest BCUT2D eigenvalue weighted by Gasteiger charge is -2.25. The normalized spacial score (nSPS) is 15.0. The number of hydrogen-bond acceptors (Lipinski definition) is 4. The Labute approximate surface area is 167 Å². The maximum atomic E-state index is 12.3. The predicted octanol–water partition coefficient (Wildman–Crippen LogP) is 3.56. The van der Waals surface area contributed by atoms with E-state index in [2.05, 4.69) is 0 Å². The zero-order chi connectivity index (χ0) is 20.5. The van der Waals surface area contributed by atoms with E-state index in [0.717, 1.165) is 5.56 Å². The molecule has 2 aromatic carbocycles. The molecule has 1 N–H and O–H groups in total. The van der Waals surface area contributed by atoms with E-state index >= 15 is 0 Å². The minimum Gasteiger partial charge on any atom is -0.486 e. The molecule has 2 unspecified atom stereocenters. The largest absolute Gasteiger partial charge is 0.486 e. The molecule has 6 nitrogen and oxygen atoms in total. The summed E-state index contributed by atoms with van der Waals surface area (Å²) in [6.45, 7) is 1.21. The van der Waals surface area contributed by atoms with Crippen LogP contribution < -0.4 is 4.74 Å². The highest BCUT2D eigenvalue weighted by Gasteiger charge is 2.25. The van der Waals surface area contributed by atoms with E-state index in [0.29, 0.717) is 23.4 Å². The molecule has 2 atom stereocenters. The Morgan fingerprint density at radius 3 is 2.18 bits per heavy atom. The van der Waals surface area contributed by atoms with Gasteiger partial charge in [0.05, 0.1) is 53.7 Å². The molecule has 7 heteroatoms. The molecule has 28 heavy (non-hydrogen) atoms. The Balaban J connectivity index is 1.90. The molecule has 0 spiro atoms. The van der Waals surface area contributed by atoms with Crippen LogP contribution in [0.15, 0.2) is 60.7 Å². The highest BCUT2D eigenvalue weighted by molar-refractivity contribution is 7.52. The molecule has 0 aliphatic carbocycles. The third kappa shape index (κ3) is 9.49. The molecule has 154 valence electrons. The number of hydrogen-bond donors (Lipinski definition) is 1. The summed E-state index contributed by atoms with van der Waals surface area (Å²) in [6.07, 6.45) is -0.393. The minimum atomic E-state index is -3.69. The first-order valence-corrected chi connectivity index (χ1v) is 11.1. The highest BCUT2D eigenvalue weighted by Crippen LogP contribution is 2.42. The van der Waals surface area contributed by atoms with Crippen LogP contribution in [0.3, 0.4) is 0 Å². The van der Waals surface area contributed by atoms with Crippen molar-refractivity contribution in [3.05, 3.63) is 66.2 Å². The highest BCUT2D eigenvalue weighted by atomic mass is 31.2. The number of benzene rings is 2. The van der Waals surface area contributed by atoms with Crippen LogP contribution in [0.25, 0.3) is 0 Å². The van der Waals surface area contributed by atoms with Crippen molar-refractivity contribution in [3.8, 4) is 5.75 Å². The second-order valence-corrected chi connectivity index (χ2v) is 9.70. The first kappa shape index (κ1) is 22.6. The molecular weight excluding hydrogens is 377 g/mol. The molecule has 0 aliphatic heterocycles. The van der Waals surface area contributed by atoms with Crippen molar-refractivity contribution in [2.24, 2.45) is 0 Å². The maximum absolute atomic E-state index is 12.3. The summed E-state index contributed by atoms with van der Waals surface area (Å²) in [7, 11) is 2.22. The topological polar surface area (TPSA) is 65.0 Å². The van der Waals surface area contributed by atoms with Crippen molar-refractivity contribution in [2.75, 3.05) is 47.1 Å². The van der Waals surface area contributed by atoms with Gasteiger partial charge in [-0.25, -0.2) is 0 Å². The van der Waals surface area contributed by atoms with Gasteiger partial charge in [0.25, 0.3) is 0 Å². The average Bonchev–Trinajstić information content (AvgIpc) is 2.66. The zero-order valence-electron chi connectivity index (χ0n) is 16.9. The quantitative estimate of drug-likeness (QED) is 0.430. The molecule has 0 radical (unpaired) electrons. The molecule has 0 saturated heterocycles. The first-order chi connectivity index (χ1) is 13.2. The zero-order valence-corrected chi connectivity index (χ0v) is 17.8. The smallest absolute Gasteiger partial charge is 0.333 e. The average molecular weight is 408 g/mol. The Kier molecular flexibility index (Phi) is 8.67. The third-order valence-corrected chi connectivity index (χ3v) is 5.29. The summed E-state index contributed by atoms with van der Waals surface area (Å²) in [5.74, 6) is 0.665. The standard InChI is InChI=1S/C21H30NO5P/c1-22(2,3)14-15-28(23,24)26-18-21(27-20-12-8-5-9-13-20)17-25-16-19-10-6-4-7-11-19/h4-13,21H,14-18H2,1-3H3/p+1. The molecule has 2 rings (SSSR count). The van der Waals surface area contributed by atoms with Gasteiger partial charge in [-0.05, 0) is 17.7 Å². The second kappa shape index (κ2) is 10.7. The summed E-state index contributed by atoms with van der Waals surface area (Å²) in [4.78, 5) is 10.1. The molecule has 2 aromatic rings. The number of quaternary nitrogens is 1. The van der Waals surface area contributed by atoms with Crippen LogP contribution in [-0.4, -0.2) is 62.5 Å². The molecule has 0 aliphatic rings. The van der Waals surface area contributed by atoms with Crippen LogP contribution in [-0.2, 0) is 20.4 Å². The van der Waals surface area contributed by atoms with Gasteiger partial charge in [-0.2, -0.15) is 0 Å². The van der Waals surface area contributed by atoms with Crippen molar-refractivity contribution in [1.82, 2.24) is 0 Å². The second-order valence-electron chi connectivity index (χ2n) is 7.72. The number of rotatable bonds is 12. The van der Waals surface area contributed by atoms with Crippen LogP contribution in [0.4, 0.5) is 0 Å². The fourth-order valence-electron chi connectivity index (χ4n) is 2.38. The minimum absolute atomic E-state index is 0.0192. The summed E-state index contributed by atoms with van der Waals surface area (Å²) < 4.78 is 30.0. The van der Waals surface area contributed by atoms with Gasteiger partial charge in [-0.1, -0.05) is 48.5 Å². The van der Waals surface area contributed by atoms with Crippen LogP contribution >= 0.6 is 7.60 Å². The SMILES string of the molecule is C[N+](C)(C)CCP(=O)(O)OCC(COCc1ccccc1)Oc1ccccc1. The lowest BCUT2D eigenvalue weighted by atomic mass is 10.2. The van der Waals surface area contributed by atoms with Crippen LogP contribution in [0, 0.1) is 0 Å². The van der Waals surface area contributed by atoms with E-state index in [-0.39, 0.29) is 19.4 Å². The van der Waals surface area contributed by atoms with Crippen LogP contribution in [0.5, 0.6) is 5.75 Å². The van der Waals surface area contributed by atoms with Gasteiger partial charge in [0, 0.05) is 0 Å². The van der Waals surface area contributed by atoms with Gasteiger partial charge >= 0.3 is 7.60 Å². The van der Waals surface area contributed by atoms with E-state index in [1.54, 1.807) is 0 Å². The molecule has 0 fully saturated rings. The number of para-hydroxylation sites is 1. The molecule has 0 aromatic heterocycles. The number of nitrogens with zero attached hydrogens (tertiary/aromatic N) is 1. The lowest BCUT2D eigenvalue weighted by molar-refractivity contribution is -0.867. The van der Waals surface area contributed by atoms with Gasteiger partial charge in [-0.3, -0.25) is 4.57 Å². The Bertz CT molecular complexity index is 733. The summed E-state index contributed by atoms with van der Waals surface area (Å²) in [6, 6.07) is 19.1. The van der Waals surface area contributed by atoms with Crippen molar-refractivity contribution in [3.63, 3.8) is 0 Å². The van der Waals surface area contributed by atoms with Gasteiger partial charge in [0.1, 0.15) is 11.9 Å². The number of ether oxygens (including phenoxy) is 2. The van der Waals surface area contributed by atoms with E-state index in [9.17, 15) is 9.46 Å². The predicted molar refractivity (Wildman–Crippen MR) is 110 cm³/mol. The van der Waals surface area contributed by atoms with Gasteiger partial charge in [-0.15, -0.1) is 0 Å². The Morgan fingerprint density at radius 1 is 0.964 bits per heavy atom. The monoisotopic (exact) mass is 408 g/mol. The van der Waals surface area contributed by atoms with Crippen LogP contribution in [0.2, 0.25) is 0 Å². The molecule has 0 heterocycles. The van der Waals surface area contributed by atoms with Crippen molar-refractivity contribution in [2.45, 2.75) is 12.7 Å². The molecule has 0 bridgehead atoms. The van der Waals surface area contributed by atoms with Crippen molar-refractivity contribution < 1.29 is 27.9 Å². The van der Waals surface area contributed by atoms with Crippen LogP contribution in [0.1, 0.15) is 5.56 Å². The summed E-state index contributed by atoms with van der Waals surface area (Å²) in [5.41, 5.74) is 1.05. The summed E-state index contributed by atoms with van der Waals surface area (Å²) >= 11 is 0. The van der Waals surface area contributed by atoms with Gasteiger partial charge in [0.2, 0.25) is 0 Å². The molecule has 0 saturated carbocycles. The lowest BCUT2D eigenvalue weighted by Crippen LogP contribution is -2.37. The Morgan fingerprint density at radius 2 is 1.57 bits per heavy atom. The molecular formula is C21H31NO5P+. The first-order valence-electron chi connectivity index (χ1n) is 9.34. The fourth-order valence-corrected chi connectivity index (χ4v) is 3.76. The van der Waals surface area contributed by atoms with E-state index in [4.69, 9.17) is 14.0 Å². The third-order valence-electron chi connectivity index (χ3n) is 3.98. The molecule has 0 amide bonds. The maximum Gasteiger partial charge on any atom is 0.333 e. The van der Waals surface area contributed by atoms with Gasteiger partial charge < -0.3 is 23.4 Å². The van der Waals surface area contributed by atoms with E-state index in [1.165, 1.54) is 0 Å². The van der Waals surface area contributed by atoms with Gasteiger partial charge in [0.15, 0.2) is 0 Å². The Hall–Kier alpha value is -1.69. The van der Waals surface area contributed by atoms with E-state index in [1.807, 2.05) is 81.8 Å². The van der Waals surface area contributed by atoms with E-state index < -0.39 is 13.7 Å². The van der Waals surface area contributed by atoms with Crippen molar-refractivity contribution >= 4 is 7.60 Å². The van der Waals surface area contributed by atoms with Crippen molar-refractivity contribution in [1.29, 1.82) is 0 Å². The summed E-state index contributed by atoms with van der Waals surface area (Å²) in [5, 5.41) is 0.